The Hall–Kier alpha value is -1.55. The molecule has 1 heterocycles. The number of carbonyl (C=O) groups is 1. The minimum Gasteiger partial charge on any atom is -0.490 e. The van der Waals surface area contributed by atoms with Gasteiger partial charge in [0, 0.05) is 18.7 Å². The summed E-state index contributed by atoms with van der Waals surface area (Å²) in [6.07, 6.45) is 7.30. The van der Waals surface area contributed by atoms with Crippen LogP contribution < -0.4 is 10.1 Å². The number of hydrogen-bond donors (Lipinski definition) is 1. The first-order valence-corrected chi connectivity index (χ1v) is 9.53. The van der Waals surface area contributed by atoms with Gasteiger partial charge in [0.15, 0.2) is 0 Å². The Kier molecular flexibility index (Phi) is 6.13. The van der Waals surface area contributed by atoms with Crippen LogP contribution in [0.15, 0.2) is 24.3 Å². The van der Waals surface area contributed by atoms with Crippen molar-refractivity contribution < 1.29 is 9.53 Å². The number of ether oxygens (including phenoxy) is 1. The monoisotopic (exact) mass is 330 g/mol. The summed E-state index contributed by atoms with van der Waals surface area (Å²) in [6, 6.07) is 7.74. The zero-order valence-electron chi connectivity index (χ0n) is 14.8. The second kappa shape index (κ2) is 8.52. The van der Waals surface area contributed by atoms with Crippen molar-refractivity contribution in [2.45, 2.75) is 51.6 Å². The van der Waals surface area contributed by atoms with E-state index < -0.39 is 0 Å². The average Bonchev–Trinajstić information content (AvgIpc) is 3.13. The number of amides is 1. The van der Waals surface area contributed by atoms with Crippen molar-refractivity contribution in [2.75, 3.05) is 26.2 Å². The zero-order valence-corrected chi connectivity index (χ0v) is 14.8. The third kappa shape index (κ3) is 4.50. The first-order chi connectivity index (χ1) is 11.8. The number of benzene rings is 1. The van der Waals surface area contributed by atoms with Gasteiger partial charge in [-0.3, -0.25) is 4.79 Å². The van der Waals surface area contributed by atoms with E-state index in [-0.39, 0.29) is 5.91 Å². The number of piperidine rings is 1. The molecule has 132 valence electrons. The molecule has 0 aromatic heterocycles. The van der Waals surface area contributed by atoms with Gasteiger partial charge >= 0.3 is 0 Å². The number of hydrogen-bond acceptors (Lipinski definition) is 3. The minimum atomic E-state index is 0.147. The van der Waals surface area contributed by atoms with Gasteiger partial charge in [-0.15, -0.1) is 0 Å². The van der Waals surface area contributed by atoms with Gasteiger partial charge in [0.05, 0.1) is 6.10 Å². The maximum absolute atomic E-state index is 12.8. The molecule has 0 atom stereocenters. The van der Waals surface area contributed by atoms with E-state index in [1.54, 1.807) is 0 Å². The summed E-state index contributed by atoms with van der Waals surface area (Å²) < 4.78 is 6.04. The third-order valence-electron chi connectivity index (χ3n) is 5.27. The summed E-state index contributed by atoms with van der Waals surface area (Å²) >= 11 is 0. The lowest BCUT2D eigenvalue weighted by atomic mass is 9.96. The summed E-state index contributed by atoms with van der Waals surface area (Å²) in [5.41, 5.74) is 0.760. The van der Waals surface area contributed by atoms with Crippen molar-refractivity contribution in [3.63, 3.8) is 0 Å². The molecule has 0 unspecified atom stereocenters. The summed E-state index contributed by atoms with van der Waals surface area (Å²) in [5, 5.41) is 3.42. The van der Waals surface area contributed by atoms with Crippen molar-refractivity contribution in [2.24, 2.45) is 5.92 Å². The molecule has 1 saturated heterocycles. The zero-order chi connectivity index (χ0) is 16.8. The predicted molar refractivity (Wildman–Crippen MR) is 96.5 cm³/mol. The fourth-order valence-electron chi connectivity index (χ4n) is 3.77. The van der Waals surface area contributed by atoms with Gasteiger partial charge in [-0.05, 0) is 75.7 Å². The van der Waals surface area contributed by atoms with Gasteiger partial charge in [0.25, 0.3) is 5.91 Å². The molecule has 0 spiro atoms. The molecule has 2 aliphatic rings. The van der Waals surface area contributed by atoms with Gasteiger partial charge in [0.2, 0.25) is 0 Å². The van der Waals surface area contributed by atoms with Crippen molar-refractivity contribution in [3.8, 4) is 5.75 Å². The Bertz CT molecular complexity index is 532. The van der Waals surface area contributed by atoms with Gasteiger partial charge in [-0.2, -0.15) is 0 Å². The molecule has 1 N–H and O–H groups in total. The van der Waals surface area contributed by atoms with Crippen molar-refractivity contribution in [3.05, 3.63) is 29.8 Å². The van der Waals surface area contributed by atoms with Gasteiger partial charge in [0.1, 0.15) is 5.75 Å². The molecule has 0 bridgehead atoms. The lowest BCUT2D eigenvalue weighted by molar-refractivity contribution is 0.0689. The Morgan fingerprint density at radius 2 is 1.96 bits per heavy atom. The highest BCUT2D eigenvalue weighted by atomic mass is 16.5. The third-order valence-corrected chi connectivity index (χ3v) is 5.27. The Balaban J connectivity index is 1.55. The number of nitrogens with zero attached hydrogens (tertiary/aromatic N) is 1. The van der Waals surface area contributed by atoms with Crippen LogP contribution in [0.5, 0.6) is 5.75 Å². The fraction of sp³-hybridized carbons (Fsp3) is 0.650. The fourth-order valence-corrected chi connectivity index (χ4v) is 3.77. The highest BCUT2D eigenvalue weighted by Gasteiger charge is 2.24. The second-order valence-corrected chi connectivity index (χ2v) is 7.10. The molecular weight excluding hydrogens is 300 g/mol. The van der Waals surface area contributed by atoms with Crippen LogP contribution in [0.3, 0.4) is 0 Å². The Morgan fingerprint density at radius 3 is 2.67 bits per heavy atom. The molecule has 3 rings (SSSR count). The molecule has 1 amide bonds. The topological polar surface area (TPSA) is 41.6 Å². The average molecular weight is 330 g/mol. The molecular formula is C20H30N2O2. The van der Waals surface area contributed by atoms with Crippen LogP contribution in [0.1, 0.15) is 55.8 Å². The van der Waals surface area contributed by atoms with Gasteiger partial charge < -0.3 is 15.0 Å². The first-order valence-electron chi connectivity index (χ1n) is 9.53. The molecule has 2 fully saturated rings. The molecule has 1 aliphatic heterocycles. The van der Waals surface area contributed by atoms with Crippen LogP contribution in [0.4, 0.5) is 0 Å². The standard InChI is InChI=1S/C20H30N2O2/c1-2-21-15-16-10-12-22(13-11-16)20(23)17-6-5-9-19(14-17)24-18-7-3-4-8-18/h5-6,9,14,16,18,21H,2-4,7-8,10-13,15H2,1H3. The van der Waals surface area contributed by atoms with Crippen molar-refractivity contribution in [1.82, 2.24) is 10.2 Å². The molecule has 0 radical (unpaired) electrons. The van der Waals surface area contributed by atoms with Crippen LogP contribution in [0.2, 0.25) is 0 Å². The highest BCUT2D eigenvalue weighted by molar-refractivity contribution is 5.94. The normalized spacial score (nSPS) is 19.6. The molecule has 1 aromatic carbocycles. The van der Waals surface area contributed by atoms with E-state index in [1.165, 1.54) is 12.8 Å². The molecule has 1 saturated carbocycles. The van der Waals surface area contributed by atoms with Crippen LogP contribution in [-0.4, -0.2) is 43.1 Å². The summed E-state index contributed by atoms with van der Waals surface area (Å²) in [4.78, 5) is 14.8. The lowest BCUT2D eigenvalue weighted by Crippen LogP contribution is -2.40. The molecule has 1 aromatic rings. The predicted octanol–water partition coefficient (Wildman–Crippen LogP) is 3.47. The van der Waals surface area contributed by atoms with Gasteiger partial charge in [-0.1, -0.05) is 13.0 Å². The number of rotatable bonds is 6. The number of likely N-dealkylation sites (tertiary alicyclic amines) is 1. The SMILES string of the molecule is CCNCC1CCN(C(=O)c2cccc(OC3CCCC3)c2)CC1. The van der Waals surface area contributed by atoms with Crippen LogP contribution in [-0.2, 0) is 0 Å². The summed E-state index contributed by atoms with van der Waals surface area (Å²) in [6.45, 7) is 5.96. The number of carbonyl (C=O) groups excluding carboxylic acids is 1. The minimum absolute atomic E-state index is 0.147. The van der Waals surface area contributed by atoms with Gasteiger partial charge in [-0.25, -0.2) is 0 Å². The Morgan fingerprint density at radius 1 is 1.21 bits per heavy atom. The van der Waals surface area contributed by atoms with Crippen LogP contribution in [0, 0.1) is 5.92 Å². The van der Waals surface area contributed by atoms with Crippen LogP contribution in [0.25, 0.3) is 0 Å². The van der Waals surface area contributed by atoms with Crippen LogP contribution >= 0.6 is 0 Å². The van der Waals surface area contributed by atoms with E-state index in [9.17, 15) is 4.79 Å². The Labute approximate surface area is 145 Å². The highest BCUT2D eigenvalue weighted by Crippen LogP contribution is 2.25. The summed E-state index contributed by atoms with van der Waals surface area (Å²) in [5.74, 6) is 1.69. The maximum atomic E-state index is 12.8. The first kappa shape index (κ1) is 17.3. The van der Waals surface area contributed by atoms with Crippen molar-refractivity contribution in [1.29, 1.82) is 0 Å². The van der Waals surface area contributed by atoms with E-state index in [2.05, 4.69) is 12.2 Å². The molecule has 4 nitrogen and oxygen atoms in total. The van der Waals surface area contributed by atoms with E-state index in [0.29, 0.717) is 12.0 Å². The second-order valence-electron chi connectivity index (χ2n) is 7.10. The quantitative estimate of drug-likeness (QED) is 0.868. The molecule has 24 heavy (non-hydrogen) atoms. The van der Waals surface area contributed by atoms with E-state index in [1.807, 2.05) is 29.2 Å². The molecule has 4 heteroatoms. The van der Waals surface area contributed by atoms with E-state index in [0.717, 1.165) is 63.2 Å². The summed E-state index contributed by atoms with van der Waals surface area (Å²) in [7, 11) is 0. The lowest BCUT2D eigenvalue weighted by Gasteiger charge is -2.32. The van der Waals surface area contributed by atoms with Crippen molar-refractivity contribution >= 4 is 5.91 Å². The smallest absolute Gasteiger partial charge is 0.253 e. The van der Waals surface area contributed by atoms with E-state index >= 15 is 0 Å². The van der Waals surface area contributed by atoms with E-state index in [4.69, 9.17) is 4.74 Å². The largest absolute Gasteiger partial charge is 0.490 e. The number of nitrogens with one attached hydrogen (secondary N) is 1. The maximum Gasteiger partial charge on any atom is 0.253 e. The molecule has 1 aliphatic carbocycles.